The fourth-order valence-corrected chi connectivity index (χ4v) is 3.23. The van der Waals surface area contributed by atoms with Crippen LogP contribution < -0.4 is 20.3 Å². The summed E-state index contributed by atoms with van der Waals surface area (Å²) in [5, 5.41) is 5.60. The minimum Gasteiger partial charge on any atom is -0.497 e. The molecule has 6 nitrogen and oxygen atoms in total. The molecule has 27 heavy (non-hydrogen) atoms. The average Bonchev–Trinajstić information content (AvgIpc) is 3.10. The minimum atomic E-state index is -0.602. The average molecular weight is 367 g/mol. The Kier molecular flexibility index (Phi) is 5.64. The maximum atomic E-state index is 13.1. The summed E-state index contributed by atoms with van der Waals surface area (Å²) in [5.74, 6) is 0.593. The Bertz CT molecular complexity index is 818. The molecule has 1 unspecified atom stereocenters. The van der Waals surface area contributed by atoms with Crippen LogP contribution in [0.5, 0.6) is 5.75 Å². The molecule has 1 atom stereocenters. The van der Waals surface area contributed by atoms with Gasteiger partial charge in [-0.05, 0) is 48.2 Å². The second-order valence-electron chi connectivity index (χ2n) is 6.92. The number of carbonyl (C=O) groups excluding carboxylic acids is 2. The molecule has 3 amide bonds. The Morgan fingerprint density at radius 1 is 1.07 bits per heavy atom. The van der Waals surface area contributed by atoms with Gasteiger partial charge in [-0.2, -0.15) is 0 Å². The monoisotopic (exact) mass is 367 g/mol. The summed E-state index contributed by atoms with van der Waals surface area (Å²) in [4.78, 5) is 27.3. The van der Waals surface area contributed by atoms with Crippen molar-refractivity contribution in [2.75, 3.05) is 23.9 Å². The van der Waals surface area contributed by atoms with Gasteiger partial charge in [-0.15, -0.1) is 0 Å². The third-order valence-electron chi connectivity index (χ3n) is 4.72. The fraction of sp³-hybridized carbons (Fsp3) is 0.333. The molecule has 2 aromatic carbocycles. The lowest BCUT2D eigenvalue weighted by molar-refractivity contribution is -0.121. The van der Waals surface area contributed by atoms with Crippen LogP contribution in [-0.4, -0.2) is 31.6 Å². The van der Waals surface area contributed by atoms with Crippen LogP contribution in [0, 0.1) is 5.92 Å². The Morgan fingerprint density at radius 2 is 1.78 bits per heavy atom. The van der Waals surface area contributed by atoms with Gasteiger partial charge < -0.3 is 20.3 Å². The van der Waals surface area contributed by atoms with Gasteiger partial charge in [0, 0.05) is 17.9 Å². The van der Waals surface area contributed by atoms with E-state index >= 15 is 0 Å². The molecule has 6 heteroatoms. The van der Waals surface area contributed by atoms with Crippen LogP contribution in [0.15, 0.2) is 48.5 Å². The van der Waals surface area contributed by atoms with E-state index < -0.39 is 12.1 Å². The number of benzene rings is 2. The van der Waals surface area contributed by atoms with Gasteiger partial charge in [0.15, 0.2) is 0 Å². The van der Waals surface area contributed by atoms with E-state index in [2.05, 4.69) is 10.6 Å². The molecule has 0 spiro atoms. The van der Waals surface area contributed by atoms with Crippen LogP contribution in [0.2, 0.25) is 0 Å². The summed E-state index contributed by atoms with van der Waals surface area (Å²) >= 11 is 0. The lowest BCUT2D eigenvalue weighted by Crippen LogP contribution is -2.52. The van der Waals surface area contributed by atoms with Gasteiger partial charge in [-0.3, -0.25) is 4.79 Å². The first-order chi connectivity index (χ1) is 13.0. The number of rotatable bonds is 5. The van der Waals surface area contributed by atoms with Crippen molar-refractivity contribution in [2.24, 2.45) is 5.92 Å². The van der Waals surface area contributed by atoms with Crippen LogP contribution in [0.3, 0.4) is 0 Å². The number of urea groups is 1. The molecule has 142 valence electrons. The number of fused-ring (bicyclic) bond motifs is 1. The number of methoxy groups -OCH3 is 1. The fourth-order valence-electron chi connectivity index (χ4n) is 3.23. The summed E-state index contributed by atoms with van der Waals surface area (Å²) < 4.78 is 5.11. The van der Waals surface area contributed by atoms with Crippen LogP contribution in [0.25, 0.3) is 0 Å². The van der Waals surface area contributed by atoms with E-state index in [9.17, 15) is 9.59 Å². The number of anilines is 2. The minimum absolute atomic E-state index is 0.0353. The molecule has 2 aromatic rings. The van der Waals surface area contributed by atoms with Crippen molar-refractivity contribution < 1.29 is 14.3 Å². The Balaban J connectivity index is 1.68. The SMILES string of the molecule is COc1ccc(NC(=O)NC(C(=O)N2CCc3ccccc32)C(C)C)cc1. The Hall–Kier alpha value is -3.02. The number of hydrogen-bond acceptors (Lipinski definition) is 3. The topological polar surface area (TPSA) is 70.7 Å². The largest absolute Gasteiger partial charge is 0.497 e. The zero-order chi connectivity index (χ0) is 19.4. The van der Waals surface area contributed by atoms with Crippen LogP contribution >= 0.6 is 0 Å². The van der Waals surface area contributed by atoms with Crippen molar-refractivity contribution in [3.8, 4) is 5.75 Å². The van der Waals surface area contributed by atoms with E-state index in [1.54, 1.807) is 36.3 Å². The molecule has 0 bridgehead atoms. The molecule has 1 aliphatic heterocycles. The van der Waals surface area contributed by atoms with E-state index in [4.69, 9.17) is 4.74 Å². The van der Waals surface area contributed by atoms with Gasteiger partial charge in [0.25, 0.3) is 0 Å². The van der Waals surface area contributed by atoms with Crippen molar-refractivity contribution in [1.82, 2.24) is 5.32 Å². The molecule has 3 rings (SSSR count). The van der Waals surface area contributed by atoms with Crippen LogP contribution in [0.1, 0.15) is 19.4 Å². The van der Waals surface area contributed by atoms with E-state index in [0.717, 1.165) is 17.7 Å². The molecular formula is C21H25N3O3. The van der Waals surface area contributed by atoms with Gasteiger partial charge in [0.05, 0.1) is 7.11 Å². The van der Waals surface area contributed by atoms with E-state index in [1.165, 1.54) is 0 Å². The highest BCUT2D eigenvalue weighted by atomic mass is 16.5. The maximum absolute atomic E-state index is 13.1. The van der Waals surface area contributed by atoms with Crippen molar-refractivity contribution in [3.63, 3.8) is 0 Å². The second-order valence-corrected chi connectivity index (χ2v) is 6.92. The number of ether oxygens (including phenoxy) is 1. The number of amides is 3. The zero-order valence-electron chi connectivity index (χ0n) is 15.9. The van der Waals surface area contributed by atoms with Crippen molar-refractivity contribution in [1.29, 1.82) is 0 Å². The first-order valence-corrected chi connectivity index (χ1v) is 9.10. The molecule has 1 aliphatic rings. The predicted molar refractivity (Wildman–Crippen MR) is 106 cm³/mol. The molecule has 0 saturated carbocycles. The number of nitrogens with one attached hydrogen (secondary N) is 2. The summed E-state index contributed by atoms with van der Waals surface area (Å²) in [6.45, 7) is 4.50. The predicted octanol–water partition coefficient (Wildman–Crippen LogP) is 3.43. The Labute approximate surface area is 159 Å². The second kappa shape index (κ2) is 8.12. The lowest BCUT2D eigenvalue weighted by atomic mass is 10.0. The van der Waals surface area contributed by atoms with E-state index in [0.29, 0.717) is 18.0 Å². The molecule has 0 saturated heterocycles. The molecule has 1 heterocycles. The summed E-state index contributed by atoms with van der Waals surface area (Å²) in [5.41, 5.74) is 2.73. The van der Waals surface area contributed by atoms with Crippen molar-refractivity contribution in [2.45, 2.75) is 26.3 Å². The Morgan fingerprint density at radius 3 is 2.44 bits per heavy atom. The first-order valence-electron chi connectivity index (χ1n) is 9.10. The molecule has 0 aromatic heterocycles. The number of hydrogen-bond donors (Lipinski definition) is 2. The zero-order valence-corrected chi connectivity index (χ0v) is 15.9. The van der Waals surface area contributed by atoms with Gasteiger partial charge in [-0.1, -0.05) is 32.0 Å². The van der Waals surface area contributed by atoms with E-state index in [-0.39, 0.29) is 11.8 Å². The molecule has 0 fully saturated rings. The van der Waals surface area contributed by atoms with Gasteiger partial charge in [0.1, 0.15) is 11.8 Å². The first kappa shape index (κ1) is 18.8. The number of carbonyl (C=O) groups is 2. The highest BCUT2D eigenvalue weighted by Crippen LogP contribution is 2.28. The smallest absolute Gasteiger partial charge is 0.319 e. The quantitative estimate of drug-likeness (QED) is 0.851. The maximum Gasteiger partial charge on any atom is 0.319 e. The van der Waals surface area contributed by atoms with Crippen molar-refractivity contribution in [3.05, 3.63) is 54.1 Å². The van der Waals surface area contributed by atoms with E-state index in [1.807, 2.05) is 38.1 Å². The summed E-state index contributed by atoms with van der Waals surface area (Å²) in [7, 11) is 1.59. The number of para-hydroxylation sites is 1. The summed E-state index contributed by atoms with van der Waals surface area (Å²) in [6, 6.07) is 13.9. The number of nitrogens with zero attached hydrogens (tertiary/aromatic N) is 1. The van der Waals surface area contributed by atoms with Crippen molar-refractivity contribution >= 4 is 23.3 Å². The molecule has 0 radical (unpaired) electrons. The van der Waals surface area contributed by atoms with Gasteiger partial charge in [-0.25, -0.2) is 4.79 Å². The van der Waals surface area contributed by atoms with Gasteiger partial charge in [0.2, 0.25) is 5.91 Å². The van der Waals surface area contributed by atoms with Crippen LogP contribution in [0.4, 0.5) is 16.2 Å². The molecule has 0 aliphatic carbocycles. The third-order valence-corrected chi connectivity index (χ3v) is 4.72. The molecule has 2 N–H and O–H groups in total. The highest BCUT2D eigenvalue weighted by Gasteiger charge is 2.32. The third kappa shape index (κ3) is 4.22. The van der Waals surface area contributed by atoms with Crippen LogP contribution in [-0.2, 0) is 11.2 Å². The summed E-state index contributed by atoms with van der Waals surface area (Å²) in [6.07, 6.45) is 0.838. The standard InChI is InChI=1S/C21H25N3O3/c1-14(2)19(20(25)24-13-12-15-6-4-5-7-18(15)24)23-21(26)22-16-8-10-17(27-3)11-9-16/h4-11,14,19H,12-13H2,1-3H3,(H2,22,23,26). The lowest BCUT2D eigenvalue weighted by Gasteiger charge is -2.27. The highest BCUT2D eigenvalue weighted by molar-refractivity contribution is 6.02. The normalized spacial score (nSPS) is 13.9. The van der Waals surface area contributed by atoms with Gasteiger partial charge >= 0.3 is 6.03 Å². The molecular weight excluding hydrogens is 342 g/mol.